The summed E-state index contributed by atoms with van der Waals surface area (Å²) in [4.78, 5) is 0. The van der Waals surface area contributed by atoms with Crippen LogP contribution in [0.1, 0.15) is 43.8 Å². The number of rotatable bonds is 2. The van der Waals surface area contributed by atoms with Crippen LogP contribution in [0.5, 0.6) is 0 Å². The summed E-state index contributed by atoms with van der Waals surface area (Å²) in [5, 5.41) is 4.49. The number of hydrogen-bond donors (Lipinski definition) is 1. The number of ether oxygens (including phenoxy) is 1. The average Bonchev–Trinajstić information content (AvgIpc) is 2.98. The van der Waals surface area contributed by atoms with Crippen LogP contribution in [0.25, 0.3) is 0 Å². The van der Waals surface area contributed by atoms with Gasteiger partial charge in [0.05, 0.1) is 17.8 Å². The molecule has 0 aromatic carbocycles. The van der Waals surface area contributed by atoms with E-state index in [4.69, 9.17) is 10.5 Å². The molecule has 4 nitrogen and oxygen atoms in total. The van der Waals surface area contributed by atoms with Gasteiger partial charge in [0.1, 0.15) is 0 Å². The van der Waals surface area contributed by atoms with Crippen molar-refractivity contribution in [2.45, 2.75) is 43.9 Å². The van der Waals surface area contributed by atoms with E-state index in [-0.39, 0.29) is 11.6 Å². The number of nitrogens with zero attached hydrogens (tertiary/aromatic N) is 2. The highest BCUT2D eigenvalue weighted by atomic mass is 32.2. The van der Waals surface area contributed by atoms with E-state index in [1.54, 1.807) is 0 Å². The summed E-state index contributed by atoms with van der Waals surface area (Å²) >= 11 is 2.01. The van der Waals surface area contributed by atoms with Crippen LogP contribution >= 0.6 is 11.8 Å². The van der Waals surface area contributed by atoms with Crippen molar-refractivity contribution in [1.29, 1.82) is 0 Å². The lowest BCUT2D eigenvalue weighted by Gasteiger charge is -2.37. The lowest BCUT2D eigenvalue weighted by atomic mass is 9.90. The molecule has 2 saturated heterocycles. The summed E-state index contributed by atoms with van der Waals surface area (Å²) in [6.07, 6.45) is 7.36. The van der Waals surface area contributed by atoms with Gasteiger partial charge in [0.15, 0.2) is 0 Å². The van der Waals surface area contributed by atoms with Gasteiger partial charge in [0.25, 0.3) is 0 Å². The van der Waals surface area contributed by atoms with E-state index in [1.165, 1.54) is 12.2 Å². The fourth-order valence-corrected chi connectivity index (χ4v) is 4.26. The molecule has 1 aromatic rings. The van der Waals surface area contributed by atoms with Crippen LogP contribution in [0.15, 0.2) is 12.4 Å². The minimum atomic E-state index is 0.0644. The van der Waals surface area contributed by atoms with Gasteiger partial charge in [-0.05, 0) is 31.9 Å². The SMILES string of the molecule is CC(N)c1cnn(C2CCOC3(CCSC3)C2)c1. The molecule has 0 aliphatic carbocycles. The van der Waals surface area contributed by atoms with Gasteiger partial charge < -0.3 is 10.5 Å². The van der Waals surface area contributed by atoms with E-state index in [2.05, 4.69) is 16.0 Å². The van der Waals surface area contributed by atoms with Crippen LogP contribution in [0, 0.1) is 0 Å². The summed E-state index contributed by atoms with van der Waals surface area (Å²) in [6, 6.07) is 0.541. The second-order valence-corrected chi connectivity index (χ2v) is 6.63. The van der Waals surface area contributed by atoms with Gasteiger partial charge in [-0.25, -0.2) is 0 Å². The Morgan fingerprint density at radius 1 is 1.67 bits per heavy atom. The largest absolute Gasteiger partial charge is 0.374 e. The van der Waals surface area contributed by atoms with Crippen molar-refractivity contribution in [1.82, 2.24) is 9.78 Å². The van der Waals surface area contributed by atoms with Gasteiger partial charge in [-0.3, -0.25) is 4.68 Å². The Kier molecular flexibility index (Phi) is 3.38. The smallest absolute Gasteiger partial charge is 0.0800 e. The fraction of sp³-hybridized carbons (Fsp3) is 0.769. The molecule has 2 fully saturated rings. The average molecular weight is 267 g/mol. The van der Waals surface area contributed by atoms with Crippen LogP contribution in [0.3, 0.4) is 0 Å². The number of aromatic nitrogens is 2. The molecule has 3 atom stereocenters. The predicted molar refractivity (Wildman–Crippen MR) is 73.7 cm³/mol. The Labute approximate surface area is 112 Å². The molecule has 1 spiro atoms. The standard InChI is InChI=1S/C13H21N3OS/c1-10(14)11-7-15-16(8-11)12-2-4-17-13(6-12)3-5-18-9-13/h7-8,10,12H,2-6,9,14H2,1H3. The van der Waals surface area contributed by atoms with E-state index < -0.39 is 0 Å². The molecule has 0 saturated carbocycles. The molecule has 18 heavy (non-hydrogen) atoms. The number of hydrogen-bond acceptors (Lipinski definition) is 4. The minimum absolute atomic E-state index is 0.0644. The van der Waals surface area contributed by atoms with E-state index >= 15 is 0 Å². The van der Waals surface area contributed by atoms with Gasteiger partial charge in [0.2, 0.25) is 0 Å². The lowest BCUT2D eigenvalue weighted by Crippen LogP contribution is -2.40. The monoisotopic (exact) mass is 267 g/mol. The molecule has 3 unspecified atom stereocenters. The molecule has 2 N–H and O–H groups in total. The van der Waals surface area contributed by atoms with Crippen molar-refractivity contribution in [3.63, 3.8) is 0 Å². The molecule has 2 aliphatic heterocycles. The first-order valence-electron chi connectivity index (χ1n) is 6.70. The summed E-state index contributed by atoms with van der Waals surface area (Å²) in [6.45, 7) is 2.86. The third-order valence-corrected chi connectivity index (χ3v) is 5.28. The molecule has 0 bridgehead atoms. The highest BCUT2D eigenvalue weighted by molar-refractivity contribution is 7.99. The first-order valence-corrected chi connectivity index (χ1v) is 7.85. The van der Waals surface area contributed by atoms with E-state index in [0.717, 1.165) is 30.8 Å². The second-order valence-electron chi connectivity index (χ2n) is 5.52. The van der Waals surface area contributed by atoms with Crippen LogP contribution in [0.4, 0.5) is 0 Å². The Hall–Kier alpha value is -0.520. The van der Waals surface area contributed by atoms with Crippen molar-refractivity contribution in [2.75, 3.05) is 18.1 Å². The number of thioether (sulfide) groups is 1. The van der Waals surface area contributed by atoms with Crippen molar-refractivity contribution >= 4 is 11.8 Å². The predicted octanol–water partition coefficient (Wildman–Crippen LogP) is 2.13. The molecule has 1 aromatic heterocycles. The van der Waals surface area contributed by atoms with Crippen molar-refractivity contribution in [2.24, 2.45) is 5.73 Å². The summed E-state index contributed by atoms with van der Waals surface area (Å²) in [7, 11) is 0. The molecule has 3 rings (SSSR count). The third-order valence-electron chi connectivity index (χ3n) is 4.06. The maximum absolute atomic E-state index is 6.05. The van der Waals surface area contributed by atoms with Crippen molar-refractivity contribution in [3.8, 4) is 0 Å². The van der Waals surface area contributed by atoms with Gasteiger partial charge in [0, 0.05) is 30.2 Å². The Morgan fingerprint density at radius 2 is 2.56 bits per heavy atom. The van der Waals surface area contributed by atoms with E-state index in [0.29, 0.717) is 6.04 Å². The minimum Gasteiger partial charge on any atom is -0.374 e. The third kappa shape index (κ3) is 2.31. The van der Waals surface area contributed by atoms with Gasteiger partial charge in [-0.15, -0.1) is 0 Å². The van der Waals surface area contributed by atoms with E-state index in [1.807, 2.05) is 24.9 Å². The lowest BCUT2D eigenvalue weighted by molar-refractivity contribution is -0.0778. The maximum Gasteiger partial charge on any atom is 0.0800 e. The quantitative estimate of drug-likeness (QED) is 0.892. The zero-order valence-corrected chi connectivity index (χ0v) is 11.7. The van der Waals surface area contributed by atoms with Crippen LogP contribution in [0.2, 0.25) is 0 Å². The fourth-order valence-electron chi connectivity index (χ4n) is 2.88. The Balaban J connectivity index is 1.75. The van der Waals surface area contributed by atoms with Crippen molar-refractivity contribution < 1.29 is 4.74 Å². The summed E-state index contributed by atoms with van der Waals surface area (Å²) in [5.74, 6) is 2.38. The molecular formula is C13H21N3OS. The van der Waals surface area contributed by atoms with Crippen LogP contribution < -0.4 is 5.73 Å². The van der Waals surface area contributed by atoms with Gasteiger partial charge >= 0.3 is 0 Å². The topological polar surface area (TPSA) is 53.1 Å². The summed E-state index contributed by atoms with van der Waals surface area (Å²) < 4.78 is 8.15. The molecule has 0 amide bonds. The van der Waals surface area contributed by atoms with Crippen LogP contribution in [-0.4, -0.2) is 33.5 Å². The Morgan fingerprint density at radius 3 is 3.22 bits per heavy atom. The first-order chi connectivity index (χ1) is 8.69. The van der Waals surface area contributed by atoms with Crippen molar-refractivity contribution in [3.05, 3.63) is 18.0 Å². The maximum atomic E-state index is 6.05. The first kappa shape index (κ1) is 12.5. The summed E-state index contributed by atoms with van der Waals surface area (Å²) in [5.41, 5.74) is 7.13. The van der Waals surface area contributed by atoms with Crippen LogP contribution in [-0.2, 0) is 4.74 Å². The molecule has 5 heteroatoms. The highest BCUT2D eigenvalue weighted by Crippen LogP contribution is 2.41. The molecule has 100 valence electrons. The molecule has 3 heterocycles. The molecular weight excluding hydrogens is 246 g/mol. The van der Waals surface area contributed by atoms with E-state index in [9.17, 15) is 0 Å². The Bertz CT molecular complexity index is 412. The zero-order chi connectivity index (χ0) is 12.6. The molecule has 0 radical (unpaired) electrons. The number of nitrogens with two attached hydrogens (primary N) is 1. The van der Waals surface area contributed by atoms with Gasteiger partial charge in [-0.1, -0.05) is 0 Å². The zero-order valence-electron chi connectivity index (χ0n) is 10.8. The highest BCUT2D eigenvalue weighted by Gasteiger charge is 2.41. The second kappa shape index (κ2) is 4.87. The normalized spacial score (nSPS) is 34.0. The molecule has 2 aliphatic rings. The van der Waals surface area contributed by atoms with Gasteiger partial charge in [-0.2, -0.15) is 16.9 Å².